The quantitative estimate of drug-likeness (QED) is 0.796. The number of hydrogen-bond acceptors (Lipinski definition) is 5. The Kier molecular flexibility index (Phi) is 6.15. The molecule has 2 heterocycles. The Morgan fingerprint density at radius 1 is 1.36 bits per heavy atom. The van der Waals surface area contributed by atoms with Crippen molar-refractivity contribution in [3.8, 4) is 10.7 Å². The van der Waals surface area contributed by atoms with Crippen molar-refractivity contribution in [2.75, 3.05) is 13.2 Å². The summed E-state index contributed by atoms with van der Waals surface area (Å²) < 4.78 is 5.95. The van der Waals surface area contributed by atoms with Gasteiger partial charge >= 0.3 is 0 Å². The van der Waals surface area contributed by atoms with E-state index in [4.69, 9.17) is 4.74 Å². The number of aryl methyl sites for hydroxylation is 1. The SMILES string of the molecule is Cc1nc(-c2ccccn2)sc1C(=O)NCCO[C@H]1CCCC[C@H]1C. The summed E-state index contributed by atoms with van der Waals surface area (Å²) in [6.07, 6.45) is 7.00. The molecule has 1 aliphatic carbocycles. The van der Waals surface area contributed by atoms with E-state index in [-0.39, 0.29) is 5.91 Å². The zero-order chi connectivity index (χ0) is 17.6. The summed E-state index contributed by atoms with van der Waals surface area (Å²) in [6.45, 7) is 5.20. The molecule has 1 aliphatic rings. The average molecular weight is 359 g/mol. The first-order valence-corrected chi connectivity index (χ1v) is 9.75. The highest BCUT2D eigenvalue weighted by molar-refractivity contribution is 7.17. The molecule has 2 aromatic rings. The van der Waals surface area contributed by atoms with Crippen molar-refractivity contribution in [3.05, 3.63) is 35.0 Å². The molecule has 2 atom stereocenters. The van der Waals surface area contributed by atoms with Crippen LogP contribution in [0.1, 0.15) is 48.0 Å². The van der Waals surface area contributed by atoms with Crippen LogP contribution in [-0.4, -0.2) is 35.1 Å². The van der Waals surface area contributed by atoms with Crippen LogP contribution < -0.4 is 5.32 Å². The molecule has 0 bridgehead atoms. The molecule has 25 heavy (non-hydrogen) atoms. The summed E-state index contributed by atoms with van der Waals surface area (Å²) in [5, 5.41) is 3.72. The molecule has 0 spiro atoms. The van der Waals surface area contributed by atoms with E-state index in [0.29, 0.717) is 30.1 Å². The summed E-state index contributed by atoms with van der Waals surface area (Å²) in [5.41, 5.74) is 1.54. The zero-order valence-corrected chi connectivity index (χ0v) is 15.6. The van der Waals surface area contributed by atoms with Crippen LogP contribution in [0.25, 0.3) is 10.7 Å². The van der Waals surface area contributed by atoms with Gasteiger partial charge in [0.15, 0.2) is 0 Å². The molecule has 0 aromatic carbocycles. The standard InChI is InChI=1S/C19H25N3O2S/c1-13-7-3-4-9-16(13)24-12-11-21-18(23)17-14(2)22-19(25-17)15-8-5-6-10-20-15/h5-6,8,10,13,16H,3-4,7,9,11-12H2,1-2H3,(H,21,23)/t13-,16+/m1/s1. The van der Waals surface area contributed by atoms with E-state index in [1.807, 2.05) is 25.1 Å². The van der Waals surface area contributed by atoms with Gasteiger partial charge in [0.1, 0.15) is 9.88 Å². The Hall–Kier alpha value is -1.79. The van der Waals surface area contributed by atoms with E-state index < -0.39 is 0 Å². The Bertz CT molecular complexity index is 702. The number of rotatable bonds is 6. The summed E-state index contributed by atoms with van der Waals surface area (Å²) in [7, 11) is 0. The number of thiazole rings is 1. The highest BCUT2D eigenvalue weighted by atomic mass is 32.1. The fourth-order valence-corrected chi connectivity index (χ4v) is 4.15. The first kappa shape index (κ1) is 18.0. The highest BCUT2D eigenvalue weighted by Crippen LogP contribution is 2.27. The van der Waals surface area contributed by atoms with E-state index in [1.165, 1.54) is 30.6 Å². The van der Waals surface area contributed by atoms with Crippen LogP contribution in [0.3, 0.4) is 0 Å². The Balaban J connectivity index is 1.51. The predicted molar refractivity (Wildman–Crippen MR) is 99.8 cm³/mol. The number of nitrogens with one attached hydrogen (secondary N) is 1. The normalized spacial score (nSPS) is 20.4. The van der Waals surface area contributed by atoms with Gasteiger partial charge in [0.05, 0.1) is 24.1 Å². The molecule has 5 nitrogen and oxygen atoms in total. The van der Waals surface area contributed by atoms with Gasteiger partial charge in [-0.15, -0.1) is 11.3 Å². The molecule has 1 amide bonds. The second kappa shape index (κ2) is 8.54. The molecular formula is C19H25N3O2S. The van der Waals surface area contributed by atoms with E-state index in [9.17, 15) is 4.79 Å². The molecule has 0 aliphatic heterocycles. The maximum Gasteiger partial charge on any atom is 0.263 e. The highest BCUT2D eigenvalue weighted by Gasteiger charge is 2.22. The molecule has 1 N–H and O–H groups in total. The third-order valence-corrected chi connectivity index (χ3v) is 5.82. The topological polar surface area (TPSA) is 64.1 Å². The molecule has 2 aromatic heterocycles. The van der Waals surface area contributed by atoms with Crippen LogP contribution in [0.15, 0.2) is 24.4 Å². The van der Waals surface area contributed by atoms with Gasteiger partial charge in [-0.05, 0) is 37.8 Å². The first-order valence-electron chi connectivity index (χ1n) is 8.94. The van der Waals surface area contributed by atoms with Gasteiger partial charge in [-0.25, -0.2) is 4.98 Å². The van der Waals surface area contributed by atoms with Gasteiger partial charge in [0.25, 0.3) is 5.91 Å². The molecular weight excluding hydrogens is 334 g/mol. The minimum absolute atomic E-state index is 0.0857. The molecule has 6 heteroatoms. The monoisotopic (exact) mass is 359 g/mol. The van der Waals surface area contributed by atoms with Crippen molar-refractivity contribution < 1.29 is 9.53 Å². The summed E-state index contributed by atoms with van der Waals surface area (Å²) in [6, 6.07) is 5.69. The summed E-state index contributed by atoms with van der Waals surface area (Å²) in [4.78, 5) is 21.8. The molecule has 0 unspecified atom stereocenters. The molecule has 0 saturated heterocycles. The van der Waals surface area contributed by atoms with Crippen LogP contribution in [0.2, 0.25) is 0 Å². The lowest BCUT2D eigenvalue weighted by atomic mass is 9.88. The number of carbonyl (C=O) groups excluding carboxylic acids is 1. The second-order valence-corrected chi connectivity index (χ2v) is 7.57. The fourth-order valence-electron chi connectivity index (χ4n) is 3.19. The zero-order valence-electron chi connectivity index (χ0n) is 14.8. The lowest BCUT2D eigenvalue weighted by molar-refractivity contribution is -0.00293. The van der Waals surface area contributed by atoms with Gasteiger partial charge in [-0.1, -0.05) is 25.8 Å². The van der Waals surface area contributed by atoms with E-state index >= 15 is 0 Å². The van der Waals surface area contributed by atoms with Crippen LogP contribution in [-0.2, 0) is 4.74 Å². The molecule has 1 fully saturated rings. The maximum atomic E-state index is 12.4. The van der Waals surface area contributed by atoms with Gasteiger partial charge in [-0.2, -0.15) is 0 Å². The van der Waals surface area contributed by atoms with Gasteiger partial charge < -0.3 is 10.1 Å². The van der Waals surface area contributed by atoms with Gasteiger partial charge in [0, 0.05) is 12.7 Å². The Labute approximate surface area is 152 Å². The molecule has 3 rings (SSSR count). The van der Waals surface area contributed by atoms with E-state index in [2.05, 4.69) is 22.2 Å². The summed E-state index contributed by atoms with van der Waals surface area (Å²) >= 11 is 1.38. The van der Waals surface area contributed by atoms with E-state index in [0.717, 1.165) is 22.8 Å². The number of ether oxygens (including phenoxy) is 1. The van der Waals surface area contributed by atoms with Crippen LogP contribution in [0, 0.1) is 12.8 Å². The van der Waals surface area contributed by atoms with Gasteiger partial charge in [-0.3, -0.25) is 9.78 Å². The third-order valence-electron chi connectivity index (χ3n) is 4.64. The number of carbonyl (C=O) groups is 1. The second-order valence-electron chi connectivity index (χ2n) is 6.58. The van der Waals surface area contributed by atoms with Crippen LogP contribution >= 0.6 is 11.3 Å². The molecule has 134 valence electrons. The fraction of sp³-hybridized carbons (Fsp3) is 0.526. The van der Waals surface area contributed by atoms with Crippen LogP contribution in [0.5, 0.6) is 0 Å². The van der Waals surface area contributed by atoms with Crippen molar-refractivity contribution in [2.24, 2.45) is 5.92 Å². The number of pyridine rings is 1. The van der Waals surface area contributed by atoms with Crippen LogP contribution in [0.4, 0.5) is 0 Å². The molecule has 0 radical (unpaired) electrons. The number of nitrogens with zero attached hydrogens (tertiary/aromatic N) is 2. The van der Waals surface area contributed by atoms with E-state index in [1.54, 1.807) is 6.20 Å². The molecule has 1 saturated carbocycles. The Morgan fingerprint density at radius 3 is 2.96 bits per heavy atom. The largest absolute Gasteiger partial charge is 0.376 e. The first-order chi connectivity index (χ1) is 12.1. The lowest BCUT2D eigenvalue weighted by Crippen LogP contribution is -2.31. The van der Waals surface area contributed by atoms with Crippen molar-refractivity contribution >= 4 is 17.2 Å². The number of aromatic nitrogens is 2. The third kappa shape index (κ3) is 4.64. The van der Waals surface area contributed by atoms with Crippen molar-refractivity contribution in [1.82, 2.24) is 15.3 Å². The average Bonchev–Trinajstić information content (AvgIpc) is 3.02. The van der Waals surface area contributed by atoms with Crippen molar-refractivity contribution in [2.45, 2.75) is 45.6 Å². The smallest absolute Gasteiger partial charge is 0.263 e. The number of hydrogen-bond donors (Lipinski definition) is 1. The predicted octanol–water partition coefficient (Wildman–Crippen LogP) is 3.84. The van der Waals surface area contributed by atoms with Crippen molar-refractivity contribution in [3.63, 3.8) is 0 Å². The maximum absolute atomic E-state index is 12.4. The number of amides is 1. The summed E-state index contributed by atoms with van der Waals surface area (Å²) in [5.74, 6) is 0.534. The lowest BCUT2D eigenvalue weighted by Gasteiger charge is -2.28. The van der Waals surface area contributed by atoms with Crippen molar-refractivity contribution in [1.29, 1.82) is 0 Å². The minimum atomic E-state index is -0.0857. The Morgan fingerprint density at radius 2 is 2.20 bits per heavy atom. The van der Waals surface area contributed by atoms with Gasteiger partial charge in [0.2, 0.25) is 0 Å². The minimum Gasteiger partial charge on any atom is -0.376 e.